The van der Waals surface area contributed by atoms with Crippen LogP contribution in [0.3, 0.4) is 0 Å². The average molecular weight is 267 g/mol. The molecule has 1 unspecified atom stereocenters. The van der Waals surface area contributed by atoms with E-state index < -0.39 is 0 Å². The SMILES string of the molecule is CCCC(C)n1nnc(C(=O)OCC)c1CC(C)C. The number of rotatable bonds is 7. The minimum Gasteiger partial charge on any atom is -0.461 e. The molecule has 1 aromatic heterocycles. The van der Waals surface area contributed by atoms with Crippen molar-refractivity contribution in [3.05, 3.63) is 11.4 Å². The van der Waals surface area contributed by atoms with Crippen LogP contribution in [0.25, 0.3) is 0 Å². The van der Waals surface area contributed by atoms with Crippen molar-refractivity contribution in [3.63, 3.8) is 0 Å². The van der Waals surface area contributed by atoms with Gasteiger partial charge in [0, 0.05) is 0 Å². The number of nitrogens with zero attached hydrogens (tertiary/aromatic N) is 3. The lowest BCUT2D eigenvalue weighted by atomic mass is 10.1. The molecule has 0 bridgehead atoms. The Bertz CT molecular complexity index is 413. The van der Waals surface area contributed by atoms with Gasteiger partial charge in [0.2, 0.25) is 0 Å². The van der Waals surface area contributed by atoms with Gasteiger partial charge in [0.1, 0.15) is 0 Å². The molecule has 0 aromatic carbocycles. The van der Waals surface area contributed by atoms with Crippen molar-refractivity contribution in [3.8, 4) is 0 Å². The van der Waals surface area contributed by atoms with Crippen LogP contribution in [0.4, 0.5) is 0 Å². The fourth-order valence-corrected chi connectivity index (χ4v) is 2.14. The average Bonchev–Trinajstić information content (AvgIpc) is 2.72. The molecule has 0 spiro atoms. The molecule has 0 saturated heterocycles. The number of ether oxygens (including phenoxy) is 1. The van der Waals surface area contributed by atoms with E-state index in [1.165, 1.54) is 0 Å². The minimum atomic E-state index is -0.368. The fraction of sp³-hybridized carbons (Fsp3) is 0.786. The van der Waals surface area contributed by atoms with E-state index in [2.05, 4.69) is 38.0 Å². The summed E-state index contributed by atoms with van der Waals surface area (Å²) in [7, 11) is 0. The van der Waals surface area contributed by atoms with Gasteiger partial charge in [-0.05, 0) is 32.6 Å². The number of hydrogen-bond donors (Lipinski definition) is 0. The molecule has 0 amide bonds. The van der Waals surface area contributed by atoms with Crippen LogP contribution in [0.2, 0.25) is 0 Å². The summed E-state index contributed by atoms with van der Waals surface area (Å²) < 4.78 is 6.93. The molecule has 0 aliphatic heterocycles. The zero-order chi connectivity index (χ0) is 14.4. The number of carbonyl (C=O) groups is 1. The van der Waals surface area contributed by atoms with Crippen molar-refractivity contribution < 1.29 is 9.53 Å². The van der Waals surface area contributed by atoms with E-state index in [9.17, 15) is 4.79 Å². The summed E-state index contributed by atoms with van der Waals surface area (Å²) in [6.45, 7) is 10.6. The topological polar surface area (TPSA) is 57.0 Å². The first kappa shape index (κ1) is 15.7. The summed E-state index contributed by atoms with van der Waals surface area (Å²) in [6, 6.07) is 0.259. The maximum absolute atomic E-state index is 11.9. The van der Waals surface area contributed by atoms with Crippen LogP contribution in [0.1, 0.15) is 69.7 Å². The van der Waals surface area contributed by atoms with E-state index in [-0.39, 0.29) is 12.0 Å². The molecule has 1 rings (SSSR count). The number of carbonyl (C=O) groups excluding carboxylic acids is 1. The van der Waals surface area contributed by atoms with E-state index in [0.29, 0.717) is 18.2 Å². The molecule has 0 saturated carbocycles. The predicted molar refractivity (Wildman–Crippen MR) is 74.1 cm³/mol. The van der Waals surface area contributed by atoms with Crippen molar-refractivity contribution in [1.29, 1.82) is 0 Å². The Balaban J connectivity index is 3.07. The lowest BCUT2D eigenvalue weighted by Gasteiger charge is -2.15. The Labute approximate surface area is 115 Å². The van der Waals surface area contributed by atoms with Crippen LogP contribution in [0.5, 0.6) is 0 Å². The highest BCUT2D eigenvalue weighted by atomic mass is 16.5. The van der Waals surface area contributed by atoms with Gasteiger partial charge in [0.15, 0.2) is 5.69 Å². The molecule has 19 heavy (non-hydrogen) atoms. The standard InChI is InChI=1S/C14H25N3O2/c1-6-8-11(5)17-12(9-10(3)4)13(15-16-17)14(18)19-7-2/h10-11H,6-9H2,1-5H3. The number of hydrogen-bond acceptors (Lipinski definition) is 4. The second-order valence-corrected chi connectivity index (χ2v) is 5.29. The Morgan fingerprint density at radius 3 is 2.53 bits per heavy atom. The zero-order valence-corrected chi connectivity index (χ0v) is 12.6. The van der Waals surface area contributed by atoms with Gasteiger partial charge in [-0.1, -0.05) is 32.4 Å². The van der Waals surface area contributed by atoms with Crippen molar-refractivity contribution in [1.82, 2.24) is 15.0 Å². The third-order valence-corrected chi connectivity index (χ3v) is 2.99. The summed E-state index contributed by atoms with van der Waals surface area (Å²) >= 11 is 0. The molecule has 5 nitrogen and oxygen atoms in total. The van der Waals surface area contributed by atoms with Crippen LogP contribution in [0.15, 0.2) is 0 Å². The van der Waals surface area contributed by atoms with Gasteiger partial charge >= 0.3 is 5.97 Å². The van der Waals surface area contributed by atoms with E-state index in [4.69, 9.17) is 4.74 Å². The van der Waals surface area contributed by atoms with E-state index in [1.807, 2.05) is 4.68 Å². The van der Waals surface area contributed by atoms with Gasteiger partial charge in [-0.3, -0.25) is 0 Å². The molecule has 0 aliphatic rings. The Hall–Kier alpha value is -1.39. The van der Waals surface area contributed by atoms with E-state index >= 15 is 0 Å². The van der Waals surface area contributed by atoms with Crippen LogP contribution in [-0.2, 0) is 11.2 Å². The van der Waals surface area contributed by atoms with Crippen molar-refractivity contribution >= 4 is 5.97 Å². The second-order valence-electron chi connectivity index (χ2n) is 5.29. The third kappa shape index (κ3) is 4.04. The van der Waals surface area contributed by atoms with Crippen molar-refractivity contribution in [2.75, 3.05) is 6.61 Å². The summed E-state index contributed by atoms with van der Waals surface area (Å²) in [6.07, 6.45) is 2.89. The number of aromatic nitrogens is 3. The maximum atomic E-state index is 11.9. The lowest BCUT2D eigenvalue weighted by molar-refractivity contribution is 0.0517. The molecule has 0 aliphatic carbocycles. The van der Waals surface area contributed by atoms with Crippen molar-refractivity contribution in [2.24, 2.45) is 5.92 Å². The third-order valence-electron chi connectivity index (χ3n) is 2.99. The van der Waals surface area contributed by atoms with Crippen LogP contribution in [0, 0.1) is 5.92 Å². The first-order valence-electron chi connectivity index (χ1n) is 7.12. The van der Waals surface area contributed by atoms with Gasteiger partial charge in [0.25, 0.3) is 0 Å². The molecular weight excluding hydrogens is 242 g/mol. The fourth-order valence-electron chi connectivity index (χ4n) is 2.14. The van der Waals surface area contributed by atoms with Gasteiger partial charge < -0.3 is 4.74 Å². The normalized spacial score (nSPS) is 12.7. The van der Waals surface area contributed by atoms with Gasteiger partial charge in [-0.2, -0.15) is 0 Å². The van der Waals surface area contributed by atoms with Crippen LogP contribution >= 0.6 is 0 Å². The molecule has 5 heteroatoms. The lowest BCUT2D eigenvalue weighted by Crippen LogP contribution is -2.15. The summed E-state index contributed by atoms with van der Waals surface area (Å²) in [5.41, 5.74) is 1.27. The number of esters is 1. The smallest absolute Gasteiger partial charge is 0.360 e. The monoisotopic (exact) mass is 267 g/mol. The van der Waals surface area contributed by atoms with Crippen LogP contribution in [-0.4, -0.2) is 27.6 Å². The maximum Gasteiger partial charge on any atom is 0.360 e. The van der Waals surface area contributed by atoms with Crippen LogP contribution < -0.4 is 0 Å². The molecule has 1 atom stereocenters. The summed E-state index contributed by atoms with van der Waals surface area (Å²) in [5.74, 6) is 0.0763. The Morgan fingerprint density at radius 1 is 1.32 bits per heavy atom. The zero-order valence-electron chi connectivity index (χ0n) is 12.6. The predicted octanol–water partition coefficient (Wildman–Crippen LogP) is 3.01. The van der Waals surface area contributed by atoms with E-state index in [0.717, 1.165) is 25.0 Å². The Morgan fingerprint density at radius 2 is 2.00 bits per heavy atom. The summed E-state index contributed by atoms with van der Waals surface area (Å²) in [4.78, 5) is 11.9. The molecule has 0 radical (unpaired) electrons. The quantitative estimate of drug-likeness (QED) is 0.713. The van der Waals surface area contributed by atoms with Gasteiger partial charge in [-0.15, -0.1) is 5.10 Å². The first-order chi connectivity index (χ1) is 9.01. The Kier molecular flexibility index (Phi) is 5.99. The van der Waals surface area contributed by atoms with E-state index in [1.54, 1.807) is 6.92 Å². The van der Waals surface area contributed by atoms with Gasteiger partial charge in [-0.25, -0.2) is 9.48 Å². The molecule has 0 fully saturated rings. The largest absolute Gasteiger partial charge is 0.461 e. The molecule has 0 N–H and O–H groups in total. The molecular formula is C14H25N3O2. The highest BCUT2D eigenvalue weighted by Gasteiger charge is 2.23. The summed E-state index contributed by atoms with van der Waals surface area (Å²) in [5, 5.41) is 8.19. The highest BCUT2D eigenvalue weighted by molar-refractivity contribution is 5.88. The second kappa shape index (κ2) is 7.26. The van der Waals surface area contributed by atoms with Gasteiger partial charge in [0.05, 0.1) is 18.3 Å². The first-order valence-corrected chi connectivity index (χ1v) is 7.12. The van der Waals surface area contributed by atoms with Crippen molar-refractivity contribution in [2.45, 2.75) is 59.9 Å². The minimum absolute atomic E-state index is 0.259. The molecule has 108 valence electrons. The highest BCUT2D eigenvalue weighted by Crippen LogP contribution is 2.20. The molecule has 1 aromatic rings. The molecule has 1 heterocycles.